The molecule has 2 aromatic rings. The average Bonchev–Trinajstić information content (AvgIpc) is 3.09. The number of thiazole rings is 1. The van der Waals surface area contributed by atoms with Gasteiger partial charge in [0.15, 0.2) is 0 Å². The van der Waals surface area contributed by atoms with Crippen LogP contribution in [0, 0.1) is 0 Å². The Labute approximate surface area is 132 Å². The van der Waals surface area contributed by atoms with Gasteiger partial charge in [-0.2, -0.15) is 0 Å². The molecular weight excluding hydrogens is 334 g/mol. The lowest BCUT2D eigenvalue weighted by molar-refractivity contribution is -0.0390. The number of rotatable bonds is 4. The van der Waals surface area contributed by atoms with E-state index >= 15 is 0 Å². The molecule has 1 aliphatic rings. The lowest BCUT2D eigenvalue weighted by atomic mass is 10.0. The summed E-state index contributed by atoms with van der Waals surface area (Å²) in [7, 11) is 0. The molecule has 3 rings (SSSR count). The molecule has 1 heterocycles. The first-order valence-corrected chi connectivity index (χ1v) is 8.77. The lowest BCUT2D eigenvalue weighted by Crippen LogP contribution is -2.25. The van der Waals surface area contributed by atoms with Crippen LogP contribution in [0.2, 0.25) is 0 Å². The van der Waals surface area contributed by atoms with Gasteiger partial charge in [-0.25, -0.2) is 4.98 Å². The summed E-state index contributed by atoms with van der Waals surface area (Å²) in [6.45, 7) is 2.83. The molecule has 1 aliphatic carbocycles. The summed E-state index contributed by atoms with van der Waals surface area (Å²) >= 11 is 5.34. The Balaban J connectivity index is 1.95. The van der Waals surface area contributed by atoms with Crippen LogP contribution in [0.4, 0.5) is 0 Å². The Hall–Kier alpha value is -0.710. The van der Waals surface area contributed by atoms with Gasteiger partial charge in [0.1, 0.15) is 10.6 Å². The van der Waals surface area contributed by atoms with Crippen LogP contribution in [-0.2, 0) is 10.3 Å². The van der Waals surface area contributed by atoms with Crippen LogP contribution in [0.5, 0.6) is 0 Å². The van der Waals surface area contributed by atoms with Crippen LogP contribution in [-0.4, -0.2) is 11.6 Å². The SMILES string of the molecule is CCOC1(c2nc(-c3ccccc3Br)cs2)CCCC1. The third-order valence-electron chi connectivity index (χ3n) is 3.88. The molecule has 0 saturated heterocycles. The molecule has 2 nitrogen and oxygen atoms in total. The van der Waals surface area contributed by atoms with Gasteiger partial charge >= 0.3 is 0 Å². The Morgan fingerprint density at radius 3 is 2.75 bits per heavy atom. The highest BCUT2D eigenvalue weighted by atomic mass is 79.9. The minimum absolute atomic E-state index is 0.126. The third-order valence-corrected chi connectivity index (χ3v) is 5.59. The Bertz CT molecular complexity index is 590. The summed E-state index contributed by atoms with van der Waals surface area (Å²) in [6.07, 6.45) is 4.68. The number of nitrogens with zero attached hydrogens (tertiary/aromatic N) is 1. The fourth-order valence-corrected chi connectivity index (χ4v) is 4.44. The first kappa shape index (κ1) is 14.2. The summed E-state index contributed by atoms with van der Waals surface area (Å²) in [4.78, 5) is 4.88. The van der Waals surface area contributed by atoms with Crippen LogP contribution in [0.1, 0.15) is 37.6 Å². The van der Waals surface area contributed by atoms with Crippen molar-refractivity contribution in [2.24, 2.45) is 0 Å². The van der Waals surface area contributed by atoms with Crippen molar-refractivity contribution in [2.45, 2.75) is 38.2 Å². The van der Waals surface area contributed by atoms with Crippen LogP contribution < -0.4 is 0 Å². The fourth-order valence-electron chi connectivity index (χ4n) is 2.92. The Morgan fingerprint density at radius 2 is 2.05 bits per heavy atom. The van der Waals surface area contributed by atoms with Gasteiger partial charge in [-0.1, -0.05) is 47.0 Å². The number of hydrogen-bond donors (Lipinski definition) is 0. The zero-order chi connectivity index (χ0) is 14.0. The molecule has 0 radical (unpaired) electrons. The molecule has 0 bridgehead atoms. The van der Waals surface area contributed by atoms with Crippen molar-refractivity contribution in [3.8, 4) is 11.3 Å². The van der Waals surface area contributed by atoms with Gasteiger partial charge in [0.2, 0.25) is 0 Å². The Kier molecular flexibility index (Phi) is 4.24. The standard InChI is InChI=1S/C16H18BrNOS/c1-2-19-16(9-5-6-10-16)15-18-14(11-20-15)12-7-3-4-8-13(12)17/h3-4,7-8,11H,2,5-6,9-10H2,1H3. The van der Waals surface area contributed by atoms with Crippen molar-refractivity contribution < 1.29 is 4.74 Å². The largest absolute Gasteiger partial charge is 0.368 e. The molecule has 1 fully saturated rings. The topological polar surface area (TPSA) is 22.1 Å². The van der Waals surface area contributed by atoms with Gasteiger partial charge in [-0.05, 0) is 25.8 Å². The number of hydrogen-bond acceptors (Lipinski definition) is 3. The second kappa shape index (κ2) is 5.96. The maximum atomic E-state index is 6.09. The van der Waals surface area contributed by atoms with E-state index in [9.17, 15) is 0 Å². The molecule has 0 spiro atoms. The smallest absolute Gasteiger partial charge is 0.125 e. The van der Waals surface area contributed by atoms with Crippen LogP contribution in [0.3, 0.4) is 0 Å². The van der Waals surface area contributed by atoms with Crippen molar-refractivity contribution >= 4 is 27.3 Å². The van der Waals surface area contributed by atoms with E-state index in [1.54, 1.807) is 11.3 Å². The second-order valence-corrected chi connectivity index (χ2v) is 6.86. The molecular formula is C16H18BrNOS. The van der Waals surface area contributed by atoms with Crippen molar-refractivity contribution in [1.29, 1.82) is 0 Å². The van der Waals surface area contributed by atoms with Gasteiger partial charge in [0.05, 0.1) is 5.69 Å². The summed E-state index contributed by atoms with van der Waals surface area (Å²) in [5, 5.41) is 3.29. The molecule has 0 unspecified atom stereocenters. The summed E-state index contributed by atoms with van der Waals surface area (Å²) < 4.78 is 7.18. The molecule has 106 valence electrons. The normalized spacial score (nSPS) is 17.5. The van der Waals surface area contributed by atoms with E-state index in [1.165, 1.54) is 12.8 Å². The predicted molar refractivity (Wildman–Crippen MR) is 87.0 cm³/mol. The van der Waals surface area contributed by atoms with Gasteiger partial charge in [-0.3, -0.25) is 0 Å². The molecule has 0 atom stereocenters. The van der Waals surface area contributed by atoms with Crippen molar-refractivity contribution in [3.05, 3.63) is 39.1 Å². The van der Waals surface area contributed by atoms with E-state index in [4.69, 9.17) is 9.72 Å². The quantitative estimate of drug-likeness (QED) is 0.737. The average molecular weight is 352 g/mol. The maximum Gasteiger partial charge on any atom is 0.125 e. The van der Waals surface area contributed by atoms with Crippen LogP contribution in [0.15, 0.2) is 34.1 Å². The van der Waals surface area contributed by atoms with E-state index in [2.05, 4.69) is 40.4 Å². The highest BCUT2D eigenvalue weighted by Crippen LogP contribution is 2.44. The number of ether oxygens (including phenoxy) is 1. The van der Waals surface area contributed by atoms with Gasteiger partial charge < -0.3 is 4.74 Å². The van der Waals surface area contributed by atoms with E-state index in [0.717, 1.165) is 40.2 Å². The minimum atomic E-state index is -0.126. The van der Waals surface area contributed by atoms with E-state index in [0.29, 0.717) is 0 Å². The van der Waals surface area contributed by atoms with E-state index in [1.807, 2.05) is 12.1 Å². The van der Waals surface area contributed by atoms with Crippen molar-refractivity contribution in [1.82, 2.24) is 4.98 Å². The summed E-state index contributed by atoms with van der Waals surface area (Å²) in [6, 6.07) is 8.24. The van der Waals surface area contributed by atoms with Crippen molar-refractivity contribution in [2.75, 3.05) is 6.61 Å². The molecule has 1 aromatic heterocycles. The summed E-state index contributed by atoms with van der Waals surface area (Å²) in [5.41, 5.74) is 2.07. The van der Waals surface area contributed by atoms with Gasteiger partial charge in [0.25, 0.3) is 0 Å². The summed E-state index contributed by atoms with van der Waals surface area (Å²) in [5.74, 6) is 0. The minimum Gasteiger partial charge on any atom is -0.368 e. The molecule has 0 N–H and O–H groups in total. The number of halogens is 1. The molecule has 20 heavy (non-hydrogen) atoms. The van der Waals surface area contributed by atoms with Gasteiger partial charge in [0, 0.05) is 22.0 Å². The first-order chi connectivity index (χ1) is 9.75. The van der Waals surface area contributed by atoms with E-state index in [-0.39, 0.29) is 5.60 Å². The van der Waals surface area contributed by atoms with Crippen LogP contribution >= 0.6 is 27.3 Å². The first-order valence-electron chi connectivity index (χ1n) is 7.10. The number of benzene rings is 1. The fraction of sp³-hybridized carbons (Fsp3) is 0.438. The van der Waals surface area contributed by atoms with Crippen molar-refractivity contribution in [3.63, 3.8) is 0 Å². The highest BCUT2D eigenvalue weighted by Gasteiger charge is 2.39. The van der Waals surface area contributed by atoms with Gasteiger partial charge in [-0.15, -0.1) is 11.3 Å². The zero-order valence-corrected chi connectivity index (χ0v) is 14.0. The molecule has 1 saturated carbocycles. The highest BCUT2D eigenvalue weighted by molar-refractivity contribution is 9.10. The van der Waals surface area contributed by atoms with Crippen LogP contribution in [0.25, 0.3) is 11.3 Å². The molecule has 0 amide bonds. The zero-order valence-electron chi connectivity index (χ0n) is 11.6. The van der Waals surface area contributed by atoms with E-state index < -0.39 is 0 Å². The molecule has 0 aliphatic heterocycles. The second-order valence-electron chi connectivity index (χ2n) is 5.15. The Morgan fingerprint density at radius 1 is 1.30 bits per heavy atom. The maximum absolute atomic E-state index is 6.09. The lowest BCUT2D eigenvalue weighted by Gasteiger charge is -2.26. The monoisotopic (exact) mass is 351 g/mol. The molecule has 4 heteroatoms. The number of aromatic nitrogens is 1. The predicted octanol–water partition coefficient (Wildman–Crippen LogP) is 5.38. The molecule has 1 aromatic carbocycles. The third kappa shape index (κ3) is 2.57.